The molecule has 0 radical (unpaired) electrons. The van der Waals surface area contributed by atoms with Gasteiger partial charge in [0.1, 0.15) is 0 Å². The van der Waals surface area contributed by atoms with Gasteiger partial charge in [-0.2, -0.15) is 0 Å². The largest absolute Gasteiger partial charge is 0.387 e. The van der Waals surface area contributed by atoms with Crippen molar-refractivity contribution < 1.29 is 5.11 Å². The van der Waals surface area contributed by atoms with Crippen LogP contribution in [0.3, 0.4) is 0 Å². The van der Waals surface area contributed by atoms with E-state index in [0.717, 1.165) is 4.88 Å². The Bertz CT molecular complexity index is 439. The van der Waals surface area contributed by atoms with E-state index in [-0.39, 0.29) is 6.10 Å². The molecule has 0 spiro atoms. The maximum absolute atomic E-state index is 10.1. The third kappa shape index (κ3) is 2.34. The Balaban J connectivity index is 2.21. The molecule has 2 heteroatoms. The summed E-state index contributed by atoms with van der Waals surface area (Å²) in [6.07, 6.45) is 0.332. The second-order valence-corrected chi connectivity index (χ2v) is 5.08. The maximum Gasteiger partial charge on any atom is 0.0922 e. The van der Waals surface area contributed by atoms with Crippen molar-refractivity contribution in [1.82, 2.24) is 0 Å². The van der Waals surface area contributed by atoms with E-state index in [9.17, 15) is 5.11 Å². The van der Waals surface area contributed by atoms with Crippen molar-refractivity contribution in [3.63, 3.8) is 0 Å². The van der Waals surface area contributed by atoms with E-state index in [4.69, 9.17) is 0 Å². The van der Waals surface area contributed by atoms with Gasteiger partial charge in [0, 0.05) is 11.3 Å². The van der Waals surface area contributed by atoms with Crippen LogP contribution in [0.4, 0.5) is 0 Å². The second kappa shape index (κ2) is 4.81. The maximum atomic E-state index is 10.1. The van der Waals surface area contributed by atoms with Crippen LogP contribution in [0.2, 0.25) is 0 Å². The first-order valence-electron chi connectivity index (χ1n) is 5.45. The third-order valence-electron chi connectivity index (χ3n) is 2.91. The van der Waals surface area contributed by atoms with Crippen LogP contribution < -0.4 is 0 Å². The molecular formula is C14H16OS. The zero-order chi connectivity index (χ0) is 11.5. The van der Waals surface area contributed by atoms with E-state index in [1.54, 1.807) is 11.3 Å². The Morgan fingerprint density at radius 1 is 1.12 bits per heavy atom. The Labute approximate surface area is 100 Å². The zero-order valence-corrected chi connectivity index (χ0v) is 10.4. The molecule has 1 aromatic heterocycles. The summed E-state index contributed by atoms with van der Waals surface area (Å²) in [5, 5.41) is 12.1. The van der Waals surface area contributed by atoms with Crippen LogP contribution in [0.25, 0.3) is 0 Å². The first-order chi connectivity index (χ1) is 7.68. The Morgan fingerprint density at radius 2 is 1.81 bits per heavy atom. The molecule has 2 aromatic rings. The van der Waals surface area contributed by atoms with Gasteiger partial charge in [-0.25, -0.2) is 0 Å². The molecule has 1 aromatic carbocycles. The number of hydrogen-bond donors (Lipinski definition) is 1. The second-order valence-electron chi connectivity index (χ2n) is 4.11. The van der Waals surface area contributed by atoms with Gasteiger partial charge < -0.3 is 5.11 Å². The zero-order valence-electron chi connectivity index (χ0n) is 9.60. The Morgan fingerprint density at radius 3 is 2.38 bits per heavy atom. The topological polar surface area (TPSA) is 20.2 Å². The van der Waals surface area contributed by atoms with Gasteiger partial charge in [-0.1, -0.05) is 24.3 Å². The molecule has 0 aliphatic rings. The lowest BCUT2D eigenvalue weighted by molar-refractivity contribution is 0.182. The number of benzene rings is 1. The van der Waals surface area contributed by atoms with E-state index in [2.05, 4.69) is 32.0 Å². The van der Waals surface area contributed by atoms with Gasteiger partial charge >= 0.3 is 0 Å². The fourth-order valence-electron chi connectivity index (χ4n) is 1.95. The van der Waals surface area contributed by atoms with E-state index in [0.29, 0.717) is 6.42 Å². The van der Waals surface area contributed by atoms with Gasteiger partial charge in [0.05, 0.1) is 6.10 Å². The highest BCUT2D eigenvalue weighted by Crippen LogP contribution is 2.25. The monoisotopic (exact) mass is 232 g/mol. The van der Waals surface area contributed by atoms with Crippen molar-refractivity contribution in [2.24, 2.45) is 0 Å². The molecular weight excluding hydrogens is 216 g/mol. The molecule has 0 saturated carbocycles. The van der Waals surface area contributed by atoms with Crippen LogP contribution in [0.15, 0.2) is 35.7 Å². The van der Waals surface area contributed by atoms with Crippen LogP contribution in [-0.2, 0) is 6.42 Å². The van der Waals surface area contributed by atoms with Crippen LogP contribution in [-0.4, -0.2) is 5.11 Å². The van der Waals surface area contributed by atoms with Gasteiger partial charge in [-0.3, -0.25) is 0 Å². The number of thiophene rings is 1. The highest BCUT2D eigenvalue weighted by molar-refractivity contribution is 7.10. The van der Waals surface area contributed by atoms with Crippen molar-refractivity contribution in [2.75, 3.05) is 0 Å². The van der Waals surface area contributed by atoms with Gasteiger partial charge in [-0.15, -0.1) is 11.3 Å². The summed E-state index contributed by atoms with van der Waals surface area (Å²) < 4.78 is 0. The highest BCUT2D eigenvalue weighted by Gasteiger charge is 2.12. The third-order valence-corrected chi connectivity index (χ3v) is 3.89. The van der Waals surface area contributed by atoms with Gasteiger partial charge in [-0.05, 0) is 42.0 Å². The molecule has 1 atom stereocenters. The fourth-order valence-corrected chi connectivity index (χ4v) is 2.66. The summed E-state index contributed by atoms with van der Waals surface area (Å²) in [4.78, 5) is 1.04. The van der Waals surface area contributed by atoms with Crippen molar-refractivity contribution in [3.8, 4) is 0 Å². The molecule has 0 aliphatic carbocycles. The van der Waals surface area contributed by atoms with E-state index in [1.807, 2.05) is 17.5 Å². The summed E-state index contributed by atoms with van der Waals surface area (Å²) in [5.74, 6) is 0. The Kier molecular flexibility index (Phi) is 3.42. The first kappa shape index (κ1) is 11.4. The van der Waals surface area contributed by atoms with E-state index >= 15 is 0 Å². The lowest BCUT2D eigenvalue weighted by atomic mass is 9.97. The van der Waals surface area contributed by atoms with Crippen LogP contribution >= 0.6 is 11.3 Å². The van der Waals surface area contributed by atoms with Crippen LogP contribution in [0, 0.1) is 13.8 Å². The molecule has 0 saturated heterocycles. The van der Waals surface area contributed by atoms with E-state index in [1.165, 1.54) is 16.7 Å². The minimum Gasteiger partial charge on any atom is -0.387 e. The summed E-state index contributed by atoms with van der Waals surface area (Å²) in [7, 11) is 0. The quantitative estimate of drug-likeness (QED) is 0.856. The van der Waals surface area contributed by atoms with Crippen molar-refractivity contribution in [3.05, 3.63) is 57.3 Å². The van der Waals surface area contributed by atoms with Gasteiger partial charge in [0.2, 0.25) is 0 Å². The number of rotatable bonds is 3. The Hall–Kier alpha value is -1.12. The average Bonchev–Trinajstić information content (AvgIpc) is 2.76. The number of hydrogen-bond acceptors (Lipinski definition) is 2. The standard InChI is InChI=1S/C14H16OS/c1-10-5-3-6-11(2)12(10)9-13(15)14-7-4-8-16-14/h3-8,13,15H,9H2,1-2H3. The molecule has 0 amide bonds. The molecule has 1 unspecified atom stereocenters. The van der Waals surface area contributed by atoms with Crippen LogP contribution in [0.5, 0.6) is 0 Å². The lowest BCUT2D eigenvalue weighted by Gasteiger charge is -2.13. The van der Waals surface area contributed by atoms with E-state index < -0.39 is 0 Å². The van der Waals surface area contributed by atoms with Crippen LogP contribution in [0.1, 0.15) is 27.7 Å². The minimum atomic E-state index is -0.375. The summed E-state index contributed by atoms with van der Waals surface area (Å²) in [6, 6.07) is 10.2. The summed E-state index contributed by atoms with van der Waals surface area (Å²) >= 11 is 1.61. The minimum absolute atomic E-state index is 0.375. The van der Waals surface area contributed by atoms with Crippen molar-refractivity contribution >= 4 is 11.3 Å². The smallest absolute Gasteiger partial charge is 0.0922 e. The van der Waals surface area contributed by atoms with Crippen molar-refractivity contribution in [1.29, 1.82) is 0 Å². The van der Waals surface area contributed by atoms with Gasteiger partial charge in [0.15, 0.2) is 0 Å². The normalized spacial score (nSPS) is 12.7. The first-order valence-corrected chi connectivity index (χ1v) is 6.33. The number of aliphatic hydroxyl groups is 1. The molecule has 0 bridgehead atoms. The SMILES string of the molecule is Cc1cccc(C)c1CC(O)c1cccs1. The number of aliphatic hydroxyl groups excluding tert-OH is 1. The molecule has 1 nitrogen and oxygen atoms in total. The molecule has 0 aliphatic heterocycles. The lowest BCUT2D eigenvalue weighted by Crippen LogP contribution is -2.03. The van der Waals surface area contributed by atoms with Crippen molar-refractivity contribution in [2.45, 2.75) is 26.4 Å². The molecule has 0 fully saturated rings. The molecule has 1 N–H and O–H groups in total. The molecule has 84 valence electrons. The summed E-state index contributed by atoms with van der Waals surface area (Å²) in [6.45, 7) is 4.20. The summed E-state index contributed by atoms with van der Waals surface area (Å²) in [5.41, 5.74) is 3.79. The average molecular weight is 232 g/mol. The predicted molar refractivity (Wildman–Crippen MR) is 68.9 cm³/mol. The predicted octanol–water partition coefficient (Wildman–Crippen LogP) is 3.64. The number of aryl methyl sites for hydroxylation is 2. The fraction of sp³-hybridized carbons (Fsp3) is 0.286. The molecule has 16 heavy (non-hydrogen) atoms. The molecule has 1 heterocycles. The highest BCUT2D eigenvalue weighted by atomic mass is 32.1. The van der Waals surface area contributed by atoms with Gasteiger partial charge in [0.25, 0.3) is 0 Å². The molecule has 2 rings (SSSR count).